The molecule has 0 spiro atoms. The van der Waals surface area contributed by atoms with Gasteiger partial charge in [-0.25, -0.2) is 4.98 Å². The highest BCUT2D eigenvalue weighted by molar-refractivity contribution is 6.30. The van der Waals surface area contributed by atoms with E-state index in [1.54, 1.807) is 6.07 Å². The van der Waals surface area contributed by atoms with Crippen LogP contribution in [-0.2, 0) is 0 Å². The van der Waals surface area contributed by atoms with Crippen molar-refractivity contribution in [2.45, 2.75) is 20.0 Å². The van der Waals surface area contributed by atoms with Crippen molar-refractivity contribution < 1.29 is 4.74 Å². The molecule has 2 rings (SSSR count). The van der Waals surface area contributed by atoms with Crippen molar-refractivity contribution in [2.24, 2.45) is 0 Å². The lowest BCUT2D eigenvalue weighted by molar-refractivity contribution is 0.242. The molecule has 0 atom stereocenters. The summed E-state index contributed by atoms with van der Waals surface area (Å²) in [6.45, 7) is 3.98. The zero-order valence-electron chi connectivity index (χ0n) is 10.4. The van der Waals surface area contributed by atoms with Gasteiger partial charge >= 0.3 is 0 Å². The van der Waals surface area contributed by atoms with Crippen molar-refractivity contribution in [3.8, 4) is 16.9 Å². The Morgan fingerprint density at radius 1 is 1.28 bits per heavy atom. The first-order valence-corrected chi connectivity index (χ1v) is 6.12. The lowest BCUT2D eigenvalue weighted by Gasteiger charge is -2.11. The minimum atomic E-state index is 0.134. The van der Waals surface area contributed by atoms with Crippen LogP contribution in [0, 0.1) is 0 Å². The molecule has 0 bridgehead atoms. The molecule has 18 heavy (non-hydrogen) atoms. The molecule has 0 aliphatic carbocycles. The maximum Gasteiger partial charge on any atom is 0.131 e. The second-order valence-electron chi connectivity index (χ2n) is 4.28. The molecule has 0 unspecified atom stereocenters. The van der Waals surface area contributed by atoms with Gasteiger partial charge in [0.15, 0.2) is 0 Å². The number of aromatic nitrogens is 1. The summed E-state index contributed by atoms with van der Waals surface area (Å²) in [7, 11) is 0. The molecule has 2 aromatic rings. The monoisotopic (exact) mass is 262 g/mol. The summed E-state index contributed by atoms with van der Waals surface area (Å²) < 4.78 is 5.65. The molecule has 1 heterocycles. The summed E-state index contributed by atoms with van der Waals surface area (Å²) in [5.74, 6) is 1.27. The predicted molar refractivity (Wildman–Crippen MR) is 74.9 cm³/mol. The van der Waals surface area contributed by atoms with Gasteiger partial charge in [-0.3, -0.25) is 0 Å². The van der Waals surface area contributed by atoms with Gasteiger partial charge in [-0.1, -0.05) is 23.7 Å². The third kappa shape index (κ3) is 2.93. The standard InChI is InChI=1S/C14H15ClN2O/c1-9(2)18-12-5-3-4-10(6-12)13-7-11(15)8-17-14(13)16/h3-9H,1-2H3,(H2,16,17). The Hall–Kier alpha value is -1.74. The highest BCUT2D eigenvalue weighted by atomic mass is 35.5. The summed E-state index contributed by atoms with van der Waals surface area (Å²) in [6, 6.07) is 9.53. The van der Waals surface area contributed by atoms with Crippen LogP contribution in [0.5, 0.6) is 5.75 Å². The molecule has 0 fully saturated rings. The van der Waals surface area contributed by atoms with Gasteiger partial charge in [-0.05, 0) is 37.6 Å². The number of pyridine rings is 1. The predicted octanol–water partition coefficient (Wildman–Crippen LogP) is 3.77. The van der Waals surface area contributed by atoms with Crippen molar-refractivity contribution in [1.29, 1.82) is 0 Å². The maximum absolute atomic E-state index is 5.94. The molecule has 0 aliphatic rings. The smallest absolute Gasteiger partial charge is 0.131 e. The zero-order chi connectivity index (χ0) is 13.1. The summed E-state index contributed by atoms with van der Waals surface area (Å²) in [5.41, 5.74) is 7.62. The number of halogens is 1. The number of hydrogen-bond acceptors (Lipinski definition) is 3. The number of hydrogen-bond donors (Lipinski definition) is 1. The van der Waals surface area contributed by atoms with Crippen molar-refractivity contribution >= 4 is 17.4 Å². The topological polar surface area (TPSA) is 48.1 Å². The lowest BCUT2D eigenvalue weighted by atomic mass is 10.1. The number of ether oxygens (including phenoxy) is 1. The van der Waals surface area contributed by atoms with Gasteiger partial charge in [0, 0.05) is 11.8 Å². The van der Waals surface area contributed by atoms with E-state index in [4.69, 9.17) is 22.1 Å². The van der Waals surface area contributed by atoms with E-state index in [9.17, 15) is 0 Å². The van der Waals surface area contributed by atoms with Crippen LogP contribution in [0.2, 0.25) is 5.02 Å². The average molecular weight is 263 g/mol. The molecule has 4 heteroatoms. The van der Waals surface area contributed by atoms with Crippen LogP contribution in [0.25, 0.3) is 11.1 Å². The maximum atomic E-state index is 5.94. The van der Waals surface area contributed by atoms with Gasteiger partial charge < -0.3 is 10.5 Å². The van der Waals surface area contributed by atoms with Crippen LogP contribution in [0.15, 0.2) is 36.5 Å². The Balaban J connectivity index is 2.41. The first-order valence-electron chi connectivity index (χ1n) is 5.74. The van der Waals surface area contributed by atoms with Gasteiger partial charge in [0.2, 0.25) is 0 Å². The summed E-state index contributed by atoms with van der Waals surface area (Å²) in [6.07, 6.45) is 1.67. The minimum absolute atomic E-state index is 0.134. The Morgan fingerprint density at radius 2 is 2.06 bits per heavy atom. The molecule has 0 radical (unpaired) electrons. The largest absolute Gasteiger partial charge is 0.491 e. The normalized spacial score (nSPS) is 10.7. The molecule has 0 amide bonds. The van der Waals surface area contributed by atoms with Crippen molar-refractivity contribution in [3.05, 3.63) is 41.6 Å². The number of benzene rings is 1. The van der Waals surface area contributed by atoms with E-state index in [1.807, 2.05) is 38.1 Å². The molecule has 0 aliphatic heterocycles. The molecule has 1 aromatic heterocycles. The fourth-order valence-electron chi connectivity index (χ4n) is 1.69. The van der Waals surface area contributed by atoms with E-state index in [0.717, 1.165) is 16.9 Å². The molecule has 2 N–H and O–H groups in total. The third-order valence-corrected chi connectivity index (χ3v) is 2.61. The van der Waals surface area contributed by atoms with Crippen LogP contribution >= 0.6 is 11.6 Å². The van der Waals surface area contributed by atoms with E-state index < -0.39 is 0 Å². The van der Waals surface area contributed by atoms with Crippen molar-refractivity contribution in [1.82, 2.24) is 4.98 Å². The zero-order valence-corrected chi connectivity index (χ0v) is 11.1. The summed E-state index contributed by atoms with van der Waals surface area (Å²) in [5, 5.41) is 0.564. The van der Waals surface area contributed by atoms with Gasteiger partial charge in [0.05, 0.1) is 11.1 Å². The van der Waals surface area contributed by atoms with Crippen molar-refractivity contribution in [2.75, 3.05) is 5.73 Å². The van der Waals surface area contributed by atoms with Gasteiger partial charge in [-0.15, -0.1) is 0 Å². The fraction of sp³-hybridized carbons (Fsp3) is 0.214. The SMILES string of the molecule is CC(C)Oc1cccc(-c2cc(Cl)cnc2N)c1. The highest BCUT2D eigenvalue weighted by Gasteiger charge is 2.06. The van der Waals surface area contributed by atoms with E-state index in [-0.39, 0.29) is 6.10 Å². The lowest BCUT2D eigenvalue weighted by Crippen LogP contribution is -2.05. The first kappa shape index (κ1) is 12.7. The Labute approximate surface area is 112 Å². The Bertz CT molecular complexity index is 555. The quantitative estimate of drug-likeness (QED) is 0.916. The average Bonchev–Trinajstić information content (AvgIpc) is 2.32. The molecular weight excluding hydrogens is 248 g/mol. The number of nitrogen functional groups attached to an aromatic ring is 1. The summed E-state index contributed by atoms with van der Waals surface area (Å²) >= 11 is 5.94. The third-order valence-electron chi connectivity index (χ3n) is 2.40. The first-order chi connectivity index (χ1) is 8.56. The minimum Gasteiger partial charge on any atom is -0.491 e. The van der Waals surface area contributed by atoms with Crippen LogP contribution in [-0.4, -0.2) is 11.1 Å². The highest BCUT2D eigenvalue weighted by Crippen LogP contribution is 2.29. The second-order valence-corrected chi connectivity index (χ2v) is 4.72. The van der Waals surface area contributed by atoms with E-state index in [0.29, 0.717) is 10.8 Å². The van der Waals surface area contributed by atoms with E-state index >= 15 is 0 Å². The number of nitrogens with two attached hydrogens (primary N) is 1. The number of nitrogens with zero attached hydrogens (tertiary/aromatic N) is 1. The van der Waals surface area contributed by atoms with Gasteiger partial charge in [-0.2, -0.15) is 0 Å². The molecule has 0 saturated heterocycles. The molecule has 0 saturated carbocycles. The Kier molecular flexibility index (Phi) is 3.72. The van der Waals surface area contributed by atoms with Crippen LogP contribution in [0.1, 0.15) is 13.8 Å². The molecular formula is C14H15ClN2O. The molecule has 94 valence electrons. The molecule has 3 nitrogen and oxygen atoms in total. The molecule has 1 aromatic carbocycles. The van der Waals surface area contributed by atoms with Crippen LogP contribution in [0.4, 0.5) is 5.82 Å². The number of rotatable bonds is 3. The fourth-order valence-corrected chi connectivity index (χ4v) is 1.85. The van der Waals surface area contributed by atoms with E-state index in [1.165, 1.54) is 6.20 Å². The van der Waals surface area contributed by atoms with Crippen LogP contribution in [0.3, 0.4) is 0 Å². The van der Waals surface area contributed by atoms with Crippen molar-refractivity contribution in [3.63, 3.8) is 0 Å². The van der Waals surface area contributed by atoms with Crippen LogP contribution < -0.4 is 10.5 Å². The van der Waals surface area contributed by atoms with E-state index in [2.05, 4.69) is 4.98 Å². The second kappa shape index (κ2) is 5.27. The van der Waals surface area contributed by atoms with Gasteiger partial charge in [0.1, 0.15) is 11.6 Å². The summed E-state index contributed by atoms with van der Waals surface area (Å²) in [4.78, 5) is 4.05. The number of anilines is 1. The van der Waals surface area contributed by atoms with Gasteiger partial charge in [0.25, 0.3) is 0 Å². The Morgan fingerprint density at radius 3 is 2.78 bits per heavy atom.